The number of nitrogens with two attached hydrogens (primary N) is 1. The van der Waals surface area contributed by atoms with Crippen LogP contribution in [0.2, 0.25) is 5.02 Å². The van der Waals surface area contributed by atoms with Crippen molar-refractivity contribution in [3.8, 4) is 17.2 Å². The van der Waals surface area contributed by atoms with Crippen molar-refractivity contribution in [3.05, 3.63) is 52.5 Å². The van der Waals surface area contributed by atoms with Gasteiger partial charge in [-0.05, 0) is 23.8 Å². The zero-order chi connectivity index (χ0) is 23.3. The minimum atomic E-state index is -0.560. The van der Waals surface area contributed by atoms with E-state index in [0.29, 0.717) is 54.0 Å². The smallest absolute Gasteiger partial charge is 0.239 e. The minimum absolute atomic E-state index is 0.0303. The number of hydrogen-bond donors (Lipinski definition) is 1. The molecule has 8 nitrogen and oxygen atoms in total. The summed E-state index contributed by atoms with van der Waals surface area (Å²) in [5.74, 6) is 1.01. The zero-order valence-corrected chi connectivity index (χ0v) is 19.2. The van der Waals surface area contributed by atoms with Crippen LogP contribution in [0, 0.1) is 0 Å². The molecule has 0 spiro atoms. The summed E-state index contributed by atoms with van der Waals surface area (Å²) in [5.41, 5.74) is 7.19. The van der Waals surface area contributed by atoms with E-state index in [2.05, 4.69) is 0 Å². The number of benzene rings is 2. The molecule has 1 atom stereocenters. The van der Waals surface area contributed by atoms with Crippen LogP contribution in [0.5, 0.6) is 17.2 Å². The first-order valence-electron chi connectivity index (χ1n) is 10.2. The summed E-state index contributed by atoms with van der Waals surface area (Å²) < 4.78 is 16.2. The van der Waals surface area contributed by atoms with E-state index in [1.807, 2.05) is 4.90 Å². The summed E-state index contributed by atoms with van der Waals surface area (Å²) in [4.78, 5) is 28.9. The van der Waals surface area contributed by atoms with Crippen molar-refractivity contribution >= 4 is 23.4 Å². The van der Waals surface area contributed by atoms with Crippen molar-refractivity contribution < 1.29 is 23.8 Å². The molecule has 2 N–H and O–H groups in total. The van der Waals surface area contributed by atoms with Crippen LogP contribution in [0.1, 0.15) is 17.2 Å². The maximum Gasteiger partial charge on any atom is 0.239 e. The summed E-state index contributed by atoms with van der Waals surface area (Å²) in [7, 11) is 4.61. The van der Waals surface area contributed by atoms with Gasteiger partial charge in [0, 0.05) is 36.8 Å². The topological polar surface area (TPSA) is 94.3 Å². The van der Waals surface area contributed by atoms with Gasteiger partial charge >= 0.3 is 0 Å². The normalized spacial score (nSPS) is 15.2. The van der Waals surface area contributed by atoms with E-state index in [0.717, 1.165) is 5.56 Å². The first-order chi connectivity index (χ1) is 15.4. The predicted molar refractivity (Wildman–Crippen MR) is 121 cm³/mol. The molecule has 1 saturated heterocycles. The Morgan fingerprint density at radius 3 is 2.09 bits per heavy atom. The molecular formula is C23H28ClN3O5. The Kier molecular flexibility index (Phi) is 7.82. The van der Waals surface area contributed by atoms with Gasteiger partial charge in [-0.25, -0.2) is 0 Å². The number of piperazine rings is 1. The maximum atomic E-state index is 13.0. The van der Waals surface area contributed by atoms with Gasteiger partial charge < -0.3 is 24.8 Å². The molecule has 0 aromatic heterocycles. The Balaban J connectivity index is 1.68. The lowest BCUT2D eigenvalue weighted by molar-refractivity contribution is -0.133. The van der Waals surface area contributed by atoms with Gasteiger partial charge in [0.15, 0.2) is 11.5 Å². The number of carbonyl (C=O) groups is 2. The van der Waals surface area contributed by atoms with E-state index in [1.165, 1.54) is 14.2 Å². The number of hydrogen-bond acceptors (Lipinski definition) is 6. The van der Waals surface area contributed by atoms with Crippen LogP contribution in [-0.2, 0) is 16.0 Å². The molecule has 3 rings (SSSR count). The lowest BCUT2D eigenvalue weighted by Gasteiger charge is -2.38. The summed E-state index contributed by atoms with van der Waals surface area (Å²) in [6, 6.07) is 10.1. The van der Waals surface area contributed by atoms with Gasteiger partial charge in [0.1, 0.15) is 6.04 Å². The molecule has 32 heavy (non-hydrogen) atoms. The molecule has 1 heterocycles. The Labute approximate surface area is 192 Å². The summed E-state index contributed by atoms with van der Waals surface area (Å²) >= 11 is 5.96. The van der Waals surface area contributed by atoms with E-state index >= 15 is 0 Å². The average molecular weight is 462 g/mol. The van der Waals surface area contributed by atoms with Crippen LogP contribution in [0.4, 0.5) is 0 Å². The molecule has 2 aromatic carbocycles. The molecule has 1 aliphatic heterocycles. The quantitative estimate of drug-likeness (QED) is 0.648. The second-order valence-corrected chi connectivity index (χ2v) is 7.88. The fourth-order valence-corrected chi connectivity index (χ4v) is 4.13. The van der Waals surface area contributed by atoms with Crippen LogP contribution < -0.4 is 19.9 Å². The Morgan fingerprint density at radius 1 is 0.938 bits per heavy atom. The van der Waals surface area contributed by atoms with Crippen molar-refractivity contribution in [1.82, 2.24) is 9.80 Å². The van der Waals surface area contributed by atoms with Crippen LogP contribution in [-0.4, -0.2) is 69.1 Å². The molecule has 0 saturated carbocycles. The second-order valence-electron chi connectivity index (χ2n) is 7.44. The van der Waals surface area contributed by atoms with Crippen LogP contribution in [0.15, 0.2) is 36.4 Å². The lowest BCUT2D eigenvalue weighted by Crippen LogP contribution is -2.52. The number of carbonyl (C=O) groups excluding carboxylic acids is 2. The molecular weight excluding hydrogens is 434 g/mol. The monoisotopic (exact) mass is 461 g/mol. The number of halogens is 1. The highest BCUT2D eigenvalue weighted by atomic mass is 35.5. The fourth-order valence-electron chi connectivity index (χ4n) is 4.01. The molecule has 0 aliphatic carbocycles. The lowest BCUT2D eigenvalue weighted by atomic mass is 10.0. The molecule has 2 amide bonds. The van der Waals surface area contributed by atoms with E-state index in [-0.39, 0.29) is 12.3 Å². The third kappa shape index (κ3) is 5.08. The van der Waals surface area contributed by atoms with Gasteiger partial charge in [0.25, 0.3) is 0 Å². The van der Waals surface area contributed by atoms with Gasteiger partial charge in [-0.2, -0.15) is 0 Å². The number of amides is 2. The molecule has 9 heteroatoms. The highest BCUT2D eigenvalue weighted by Gasteiger charge is 2.31. The van der Waals surface area contributed by atoms with Gasteiger partial charge in [-0.3, -0.25) is 14.5 Å². The molecule has 0 unspecified atom stereocenters. The predicted octanol–water partition coefficient (Wildman–Crippen LogP) is 2.28. The van der Waals surface area contributed by atoms with Crippen molar-refractivity contribution in [1.29, 1.82) is 0 Å². The molecule has 2 aromatic rings. The zero-order valence-electron chi connectivity index (χ0n) is 18.5. The van der Waals surface area contributed by atoms with E-state index in [9.17, 15) is 9.59 Å². The first kappa shape index (κ1) is 23.7. The second kappa shape index (κ2) is 10.6. The van der Waals surface area contributed by atoms with Gasteiger partial charge in [-0.15, -0.1) is 0 Å². The molecule has 1 fully saturated rings. The van der Waals surface area contributed by atoms with Crippen molar-refractivity contribution in [2.45, 2.75) is 12.5 Å². The summed E-state index contributed by atoms with van der Waals surface area (Å²) in [5, 5.41) is 0.595. The fraction of sp³-hybridized carbons (Fsp3) is 0.391. The standard InChI is InChI=1S/C23H28ClN3O5/c1-30-18-9-6-16(21(31-2)22(18)32-3)14-19(28)26-10-12-27(13-11-26)20(23(25)29)15-4-7-17(24)8-5-15/h4-9,20H,10-14H2,1-3H3,(H2,25,29)/t20-/m1/s1. The largest absolute Gasteiger partial charge is 0.493 e. The van der Waals surface area contributed by atoms with Gasteiger partial charge in [0.05, 0.1) is 27.8 Å². The SMILES string of the molecule is COc1ccc(CC(=O)N2CCN([C@@H](C(N)=O)c3ccc(Cl)cc3)CC2)c(OC)c1OC. The highest BCUT2D eigenvalue weighted by molar-refractivity contribution is 6.30. The number of rotatable bonds is 8. The number of methoxy groups -OCH3 is 3. The maximum absolute atomic E-state index is 13.0. The average Bonchev–Trinajstić information content (AvgIpc) is 2.80. The van der Waals surface area contributed by atoms with Crippen LogP contribution in [0.25, 0.3) is 0 Å². The Morgan fingerprint density at radius 2 is 1.56 bits per heavy atom. The van der Waals surface area contributed by atoms with E-state index in [1.54, 1.807) is 48.4 Å². The van der Waals surface area contributed by atoms with Crippen molar-refractivity contribution in [2.75, 3.05) is 47.5 Å². The van der Waals surface area contributed by atoms with Crippen LogP contribution >= 0.6 is 11.6 Å². The summed E-state index contributed by atoms with van der Waals surface area (Å²) in [6.07, 6.45) is 0.167. The molecule has 0 radical (unpaired) electrons. The third-order valence-electron chi connectivity index (χ3n) is 5.61. The van der Waals surface area contributed by atoms with Crippen LogP contribution in [0.3, 0.4) is 0 Å². The third-order valence-corrected chi connectivity index (χ3v) is 5.87. The van der Waals surface area contributed by atoms with E-state index in [4.69, 9.17) is 31.5 Å². The first-order valence-corrected chi connectivity index (χ1v) is 10.6. The minimum Gasteiger partial charge on any atom is -0.493 e. The summed E-state index contributed by atoms with van der Waals surface area (Å²) in [6.45, 7) is 2.05. The molecule has 0 bridgehead atoms. The highest BCUT2D eigenvalue weighted by Crippen LogP contribution is 2.40. The van der Waals surface area contributed by atoms with Gasteiger partial charge in [0.2, 0.25) is 17.6 Å². The number of ether oxygens (including phenoxy) is 3. The number of primary amides is 1. The van der Waals surface area contributed by atoms with Gasteiger partial charge in [-0.1, -0.05) is 29.8 Å². The van der Waals surface area contributed by atoms with Crippen molar-refractivity contribution in [2.24, 2.45) is 5.73 Å². The Hall–Kier alpha value is -2.97. The van der Waals surface area contributed by atoms with E-state index < -0.39 is 11.9 Å². The van der Waals surface area contributed by atoms with Crippen molar-refractivity contribution in [3.63, 3.8) is 0 Å². The molecule has 1 aliphatic rings. The number of nitrogens with zero attached hydrogens (tertiary/aromatic N) is 2. The Bertz CT molecular complexity index is 959. The molecule has 172 valence electrons.